The van der Waals surface area contributed by atoms with Crippen molar-refractivity contribution in [3.63, 3.8) is 0 Å². The van der Waals surface area contributed by atoms with Crippen molar-refractivity contribution in [1.82, 2.24) is 0 Å². The molecule has 13 heavy (non-hydrogen) atoms. The van der Waals surface area contributed by atoms with Gasteiger partial charge >= 0.3 is 0 Å². The summed E-state index contributed by atoms with van der Waals surface area (Å²) in [5.74, 6) is 0.185. The monoisotopic (exact) mass is 191 g/mol. The SMILES string of the molecule is N#Cc1cc2c(O)ccc(O)c2s1. The van der Waals surface area contributed by atoms with Crippen LogP contribution in [-0.2, 0) is 0 Å². The molecule has 0 aliphatic carbocycles. The maximum absolute atomic E-state index is 9.39. The van der Waals surface area contributed by atoms with Gasteiger partial charge in [-0.25, -0.2) is 0 Å². The van der Waals surface area contributed by atoms with E-state index in [1.807, 2.05) is 6.07 Å². The molecule has 0 aliphatic heterocycles. The number of rotatable bonds is 0. The van der Waals surface area contributed by atoms with Crippen molar-refractivity contribution in [2.75, 3.05) is 0 Å². The fraction of sp³-hybridized carbons (Fsp3) is 0. The Hall–Kier alpha value is -1.73. The summed E-state index contributed by atoms with van der Waals surface area (Å²) >= 11 is 1.17. The molecule has 2 N–H and O–H groups in total. The molecule has 1 heterocycles. The molecular formula is C9H5NO2S. The summed E-state index contributed by atoms with van der Waals surface area (Å²) < 4.78 is 0.552. The van der Waals surface area contributed by atoms with Crippen LogP contribution in [0.2, 0.25) is 0 Å². The second kappa shape index (κ2) is 2.64. The Morgan fingerprint density at radius 2 is 1.92 bits per heavy atom. The largest absolute Gasteiger partial charge is 0.507 e. The number of nitriles is 1. The highest BCUT2D eigenvalue weighted by molar-refractivity contribution is 7.20. The Kier molecular flexibility index (Phi) is 1.61. The van der Waals surface area contributed by atoms with E-state index in [1.165, 1.54) is 23.5 Å². The third-order valence-electron chi connectivity index (χ3n) is 1.75. The van der Waals surface area contributed by atoms with Crippen molar-refractivity contribution in [2.45, 2.75) is 0 Å². The number of fused-ring (bicyclic) bond motifs is 1. The molecule has 1 aromatic heterocycles. The summed E-state index contributed by atoms with van der Waals surface area (Å²) in [5.41, 5.74) is 0. The van der Waals surface area contributed by atoms with E-state index >= 15 is 0 Å². The molecule has 0 radical (unpaired) electrons. The third-order valence-corrected chi connectivity index (χ3v) is 2.81. The van der Waals surface area contributed by atoms with E-state index in [1.54, 1.807) is 6.07 Å². The number of aromatic hydroxyl groups is 2. The van der Waals surface area contributed by atoms with Gasteiger partial charge in [0.25, 0.3) is 0 Å². The zero-order valence-electron chi connectivity index (χ0n) is 6.48. The minimum Gasteiger partial charge on any atom is -0.507 e. The molecular weight excluding hydrogens is 186 g/mol. The predicted octanol–water partition coefficient (Wildman–Crippen LogP) is 2.18. The van der Waals surface area contributed by atoms with Gasteiger partial charge in [-0.05, 0) is 18.2 Å². The minimum absolute atomic E-state index is 0.0885. The molecule has 0 saturated heterocycles. The van der Waals surface area contributed by atoms with Crippen molar-refractivity contribution in [3.05, 3.63) is 23.1 Å². The molecule has 0 amide bonds. The second-order valence-corrected chi connectivity index (χ2v) is 3.62. The topological polar surface area (TPSA) is 64.2 Å². The van der Waals surface area contributed by atoms with E-state index in [4.69, 9.17) is 5.26 Å². The van der Waals surface area contributed by atoms with Crippen LogP contribution in [0, 0.1) is 11.3 Å². The molecule has 0 unspecified atom stereocenters. The average Bonchev–Trinajstić information content (AvgIpc) is 2.56. The Bertz CT molecular complexity index is 471. The first kappa shape index (κ1) is 7.90. The van der Waals surface area contributed by atoms with E-state index in [0.717, 1.165) is 0 Å². The van der Waals surface area contributed by atoms with Crippen molar-refractivity contribution in [3.8, 4) is 17.6 Å². The molecule has 0 spiro atoms. The number of phenolic OH excluding ortho intramolecular Hbond substituents is 2. The maximum atomic E-state index is 9.39. The Balaban J connectivity index is 2.90. The van der Waals surface area contributed by atoms with Gasteiger partial charge in [-0.1, -0.05) is 0 Å². The van der Waals surface area contributed by atoms with Gasteiger partial charge in [0.1, 0.15) is 22.4 Å². The van der Waals surface area contributed by atoms with Crippen LogP contribution in [0.1, 0.15) is 4.88 Å². The van der Waals surface area contributed by atoms with Crippen LogP contribution in [0.5, 0.6) is 11.5 Å². The number of benzene rings is 1. The van der Waals surface area contributed by atoms with Crippen molar-refractivity contribution >= 4 is 21.4 Å². The van der Waals surface area contributed by atoms with E-state index in [9.17, 15) is 10.2 Å². The minimum atomic E-state index is 0.0885. The number of hydrogen-bond acceptors (Lipinski definition) is 4. The molecule has 64 valence electrons. The van der Waals surface area contributed by atoms with Gasteiger partial charge < -0.3 is 10.2 Å². The number of phenols is 2. The average molecular weight is 191 g/mol. The van der Waals surface area contributed by atoms with E-state index in [2.05, 4.69) is 0 Å². The lowest BCUT2D eigenvalue weighted by molar-refractivity contribution is 0.470. The van der Waals surface area contributed by atoms with E-state index in [0.29, 0.717) is 15.0 Å². The van der Waals surface area contributed by atoms with Crippen LogP contribution in [0.25, 0.3) is 10.1 Å². The van der Waals surface area contributed by atoms with Crippen LogP contribution in [0.4, 0.5) is 0 Å². The molecule has 2 aromatic rings. The predicted molar refractivity (Wildman–Crippen MR) is 49.9 cm³/mol. The fourth-order valence-corrected chi connectivity index (χ4v) is 2.04. The standard InChI is InChI=1S/C9H5NO2S/c10-4-5-3-6-7(11)1-2-8(12)9(6)13-5/h1-3,11-12H. The fourth-order valence-electron chi connectivity index (χ4n) is 1.15. The summed E-state index contributed by atoms with van der Waals surface area (Å²) in [6.45, 7) is 0. The van der Waals surface area contributed by atoms with Gasteiger partial charge in [-0.3, -0.25) is 0 Å². The first-order valence-electron chi connectivity index (χ1n) is 3.57. The highest BCUT2D eigenvalue weighted by Gasteiger charge is 2.08. The zero-order valence-corrected chi connectivity index (χ0v) is 7.30. The maximum Gasteiger partial charge on any atom is 0.133 e. The van der Waals surface area contributed by atoms with Gasteiger partial charge in [0, 0.05) is 5.39 Å². The lowest BCUT2D eigenvalue weighted by Gasteiger charge is -1.95. The summed E-state index contributed by atoms with van der Waals surface area (Å²) in [6, 6.07) is 6.35. The summed E-state index contributed by atoms with van der Waals surface area (Å²) in [7, 11) is 0. The molecule has 4 heteroatoms. The quantitative estimate of drug-likeness (QED) is 0.627. The van der Waals surface area contributed by atoms with Crippen LogP contribution in [0.3, 0.4) is 0 Å². The van der Waals surface area contributed by atoms with Gasteiger partial charge in [-0.15, -0.1) is 11.3 Å². The summed E-state index contributed by atoms with van der Waals surface area (Å²) in [4.78, 5) is 0.479. The van der Waals surface area contributed by atoms with Crippen LogP contribution < -0.4 is 0 Å². The van der Waals surface area contributed by atoms with Crippen molar-refractivity contribution in [2.24, 2.45) is 0 Å². The smallest absolute Gasteiger partial charge is 0.133 e. The molecule has 0 fully saturated rings. The van der Waals surface area contributed by atoms with E-state index in [-0.39, 0.29) is 11.5 Å². The zero-order chi connectivity index (χ0) is 9.42. The first-order valence-corrected chi connectivity index (χ1v) is 4.38. The normalized spacial score (nSPS) is 10.1. The van der Waals surface area contributed by atoms with Crippen molar-refractivity contribution < 1.29 is 10.2 Å². The van der Waals surface area contributed by atoms with Crippen LogP contribution >= 0.6 is 11.3 Å². The lowest BCUT2D eigenvalue weighted by atomic mass is 10.2. The highest BCUT2D eigenvalue weighted by atomic mass is 32.1. The molecule has 0 saturated carbocycles. The third kappa shape index (κ3) is 1.10. The summed E-state index contributed by atoms with van der Waals surface area (Å²) in [5, 5.41) is 27.9. The second-order valence-electron chi connectivity index (χ2n) is 2.57. The van der Waals surface area contributed by atoms with Gasteiger partial charge in [0.05, 0.1) is 4.70 Å². The Morgan fingerprint density at radius 1 is 1.23 bits per heavy atom. The summed E-state index contributed by atoms with van der Waals surface area (Å²) in [6.07, 6.45) is 0. The van der Waals surface area contributed by atoms with Crippen LogP contribution in [0.15, 0.2) is 18.2 Å². The van der Waals surface area contributed by atoms with Gasteiger partial charge in [0.2, 0.25) is 0 Å². The lowest BCUT2D eigenvalue weighted by Crippen LogP contribution is -1.67. The molecule has 0 bridgehead atoms. The molecule has 2 rings (SSSR count). The molecule has 0 atom stereocenters. The van der Waals surface area contributed by atoms with E-state index < -0.39 is 0 Å². The molecule has 0 aliphatic rings. The Labute approximate surface area is 78.1 Å². The number of nitrogens with zero attached hydrogens (tertiary/aromatic N) is 1. The molecule has 1 aromatic carbocycles. The number of thiophene rings is 1. The molecule has 3 nitrogen and oxygen atoms in total. The Morgan fingerprint density at radius 3 is 2.54 bits per heavy atom. The first-order chi connectivity index (χ1) is 6.22. The van der Waals surface area contributed by atoms with Crippen LogP contribution in [-0.4, -0.2) is 10.2 Å². The highest BCUT2D eigenvalue weighted by Crippen LogP contribution is 2.37. The van der Waals surface area contributed by atoms with Gasteiger partial charge in [0.15, 0.2) is 0 Å². The number of hydrogen-bond donors (Lipinski definition) is 2. The van der Waals surface area contributed by atoms with Gasteiger partial charge in [-0.2, -0.15) is 5.26 Å². The van der Waals surface area contributed by atoms with Crippen molar-refractivity contribution in [1.29, 1.82) is 5.26 Å².